The van der Waals surface area contributed by atoms with Crippen LogP contribution >= 0.6 is 11.8 Å². The molecule has 3 rings (SSSR count). The molecule has 180 valence electrons. The molecule has 3 unspecified atom stereocenters. The lowest BCUT2D eigenvalue weighted by Gasteiger charge is -2.43. The van der Waals surface area contributed by atoms with E-state index in [0.717, 1.165) is 19.3 Å². The molecule has 3 heterocycles. The Hall–Kier alpha value is -1.54. The first-order valence-corrected chi connectivity index (χ1v) is 12.8. The fourth-order valence-corrected chi connectivity index (χ4v) is 8.56. The maximum absolute atomic E-state index is 14.1. The zero-order valence-electron chi connectivity index (χ0n) is 19.7. The van der Waals surface area contributed by atoms with Crippen LogP contribution in [0.25, 0.3) is 0 Å². The summed E-state index contributed by atoms with van der Waals surface area (Å²) in [6, 6.07) is -1.28. The van der Waals surface area contributed by atoms with E-state index < -0.39 is 34.6 Å². The highest BCUT2D eigenvalue weighted by molar-refractivity contribution is 8.02. The lowest BCUT2D eigenvalue weighted by Crippen LogP contribution is -2.60. The van der Waals surface area contributed by atoms with Gasteiger partial charge in [-0.05, 0) is 24.7 Å². The van der Waals surface area contributed by atoms with E-state index in [9.17, 15) is 24.6 Å². The van der Waals surface area contributed by atoms with E-state index in [2.05, 4.69) is 20.4 Å². The molecule has 0 aromatic rings. The third-order valence-electron chi connectivity index (χ3n) is 7.99. The number of hydrogen-bond acceptors (Lipinski definition) is 5. The van der Waals surface area contributed by atoms with Crippen LogP contribution in [0.4, 0.5) is 0 Å². The van der Waals surface area contributed by atoms with E-state index in [1.165, 1.54) is 0 Å². The zero-order chi connectivity index (χ0) is 23.8. The maximum Gasteiger partial charge on any atom is 0.308 e. The number of thioether (sulfide) groups is 1. The number of rotatable bonds is 11. The molecule has 3 aliphatic heterocycles. The average molecular weight is 467 g/mol. The first-order valence-electron chi connectivity index (χ1n) is 11.9. The van der Waals surface area contributed by atoms with Crippen molar-refractivity contribution < 1.29 is 24.6 Å². The molecule has 2 bridgehead atoms. The SMILES string of the molecule is C=CCN(CCCC)C(=O)C1N([C@@H](CO)[C@@H](C)CC)C(=O)[C@@H]2[C@@H](C(=O)O)[C@H]3CC(C)C12S3. The molecule has 3 saturated heterocycles. The molecule has 3 fully saturated rings. The van der Waals surface area contributed by atoms with E-state index in [4.69, 9.17) is 0 Å². The number of hydrogen-bond donors (Lipinski definition) is 2. The number of unbranched alkanes of at least 4 members (excludes halogenated alkanes) is 1. The van der Waals surface area contributed by atoms with E-state index in [1.54, 1.807) is 27.6 Å². The lowest BCUT2D eigenvalue weighted by molar-refractivity contribution is -0.150. The summed E-state index contributed by atoms with van der Waals surface area (Å²) in [5.41, 5.74) is 0. The molecular formula is C24H38N2O5S. The quantitative estimate of drug-likeness (QED) is 0.454. The van der Waals surface area contributed by atoms with E-state index in [1.807, 2.05) is 13.8 Å². The van der Waals surface area contributed by atoms with Gasteiger partial charge in [0.15, 0.2) is 0 Å². The van der Waals surface area contributed by atoms with Gasteiger partial charge in [0.1, 0.15) is 6.04 Å². The largest absolute Gasteiger partial charge is 0.481 e. The number of fused-ring (bicyclic) bond motifs is 1. The summed E-state index contributed by atoms with van der Waals surface area (Å²) in [4.78, 5) is 43.6. The van der Waals surface area contributed by atoms with Gasteiger partial charge < -0.3 is 20.0 Å². The fraction of sp³-hybridized carbons (Fsp3) is 0.792. The topological polar surface area (TPSA) is 98.2 Å². The molecule has 0 aromatic carbocycles. The van der Waals surface area contributed by atoms with E-state index >= 15 is 0 Å². The van der Waals surface area contributed by atoms with Gasteiger partial charge in [0.25, 0.3) is 0 Å². The predicted molar refractivity (Wildman–Crippen MR) is 125 cm³/mol. The summed E-state index contributed by atoms with van der Waals surface area (Å²) >= 11 is 1.55. The second kappa shape index (κ2) is 9.75. The first kappa shape index (κ1) is 25.1. The number of nitrogens with zero attached hydrogens (tertiary/aromatic N) is 2. The van der Waals surface area contributed by atoms with Crippen LogP contribution in [-0.4, -0.2) is 79.6 Å². The van der Waals surface area contributed by atoms with Gasteiger partial charge in [-0.25, -0.2) is 0 Å². The Morgan fingerprint density at radius 3 is 2.62 bits per heavy atom. The molecule has 1 spiro atoms. The number of carbonyl (C=O) groups excluding carboxylic acids is 2. The Morgan fingerprint density at radius 1 is 1.41 bits per heavy atom. The Balaban J connectivity index is 2.14. The van der Waals surface area contributed by atoms with Gasteiger partial charge in [-0.15, -0.1) is 18.3 Å². The normalized spacial score (nSPS) is 35.0. The minimum atomic E-state index is -0.958. The van der Waals surface area contributed by atoms with Gasteiger partial charge in [0.2, 0.25) is 11.8 Å². The van der Waals surface area contributed by atoms with Crippen molar-refractivity contribution in [1.82, 2.24) is 9.80 Å². The lowest BCUT2D eigenvalue weighted by atomic mass is 9.66. The van der Waals surface area contributed by atoms with Crippen molar-refractivity contribution in [3.8, 4) is 0 Å². The summed E-state index contributed by atoms with van der Waals surface area (Å²) in [7, 11) is 0. The molecule has 0 saturated carbocycles. The summed E-state index contributed by atoms with van der Waals surface area (Å²) in [5, 5.41) is 20.2. The molecule has 7 nitrogen and oxygen atoms in total. The Kier molecular flexibility index (Phi) is 7.65. The van der Waals surface area contributed by atoms with Crippen molar-refractivity contribution in [2.45, 2.75) is 75.5 Å². The monoisotopic (exact) mass is 466 g/mol. The maximum atomic E-state index is 14.1. The van der Waals surface area contributed by atoms with Crippen LogP contribution in [0.5, 0.6) is 0 Å². The Morgan fingerprint density at radius 2 is 2.09 bits per heavy atom. The van der Waals surface area contributed by atoms with Crippen LogP contribution in [0.15, 0.2) is 12.7 Å². The van der Waals surface area contributed by atoms with E-state index in [-0.39, 0.29) is 35.5 Å². The van der Waals surface area contributed by atoms with Crippen molar-refractivity contribution >= 4 is 29.5 Å². The number of carboxylic acid groups (broad SMARTS) is 1. The summed E-state index contributed by atoms with van der Waals surface area (Å²) in [6.45, 7) is 12.6. The average Bonchev–Trinajstić information content (AvgIpc) is 3.35. The van der Waals surface area contributed by atoms with E-state index in [0.29, 0.717) is 19.5 Å². The van der Waals surface area contributed by atoms with Gasteiger partial charge in [-0.2, -0.15) is 0 Å². The summed E-state index contributed by atoms with van der Waals surface area (Å²) < 4.78 is -0.769. The number of carbonyl (C=O) groups is 3. The van der Waals surface area contributed by atoms with Crippen molar-refractivity contribution in [1.29, 1.82) is 0 Å². The van der Waals surface area contributed by atoms with Gasteiger partial charge >= 0.3 is 5.97 Å². The van der Waals surface area contributed by atoms with Crippen molar-refractivity contribution in [2.24, 2.45) is 23.7 Å². The first-order chi connectivity index (χ1) is 15.2. The fourth-order valence-electron chi connectivity index (χ4n) is 6.16. The molecule has 8 heteroatoms. The number of aliphatic carboxylic acids is 1. The van der Waals surface area contributed by atoms with Gasteiger partial charge in [0, 0.05) is 18.3 Å². The smallest absolute Gasteiger partial charge is 0.308 e. The van der Waals surface area contributed by atoms with Crippen LogP contribution in [0, 0.1) is 23.7 Å². The van der Waals surface area contributed by atoms with Gasteiger partial charge in [-0.3, -0.25) is 14.4 Å². The zero-order valence-corrected chi connectivity index (χ0v) is 20.5. The number of amides is 2. The standard InChI is InChI=1S/C24H38N2O5S/c1-6-9-11-25(10-7-2)22(29)20-24-15(5)12-17(32-24)18(23(30)31)19(24)21(28)26(20)16(13-27)14(4)8-3/h7,14-20,27H,2,6,8-13H2,1,3-5H3,(H,30,31)/t14-,15?,16-,17+,18-,19-,20?,24?/m0/s1. The predicted octanol–water partition coefficient (Wildman–Crippen LogP) is 2.63. The van der Waals surface area contributed by atoms with Gasteiger partial charge in [-0.1, -0.05) is 46.6 Å². The third-order valence-corrected chi connectivity index (χ3v) is 10.1. The Bertz CT molecular complexity index is 761. The Labute approximate surface area is 195 Å². The van der Waals surface area contributed by atoms with Crippen LogP contribution in [-0.2, 0) is 14.4 Å². The van der Waals surface area contributed by atoms with Crippen LogP contribution in [0.3, 0.4) is 0 Å². The summed E-state index contributed by atoms with van der Waals surface area (Å²) in [5.74, 6) is -2.87. The highest BCUT2D eigenvalue weighted by Crippen LogP contribution is 2.69. The molecule has 8 atom stereocenters. The third kappa shape index (κ3) is 3.67. The molecule has 32 heavy (non-hydrogen) atoms. The molecular weight excluding hydrogens is 428 g/mol. The molecule has 0 radical (unpaired) electrons. The number of likely N-dealkylation sites (tertiary alicyclic amines) is 1. The summed E-state index contributed by atoms with van der Waals surface area (Å²) in [6.07, 6.45) is 4.90. The number of carboxylic acids is 1. The van der Waals surface area contributed by atoms with Crippen molar-refractivity contribution in [3.63, 3.8) is 0 Å². The molecule has 2 amide bonds. The molecule has 0 aromatic heterocycles. The van der Waals surface area contributed by atoms with Crippen molar-refractivity contribution in [3.05, 3.63) is 12.7 Å². The molecule has 0 aliphatic carbocycles. The van der Waals surface area contributed by atoms with Crippen LogP contribution in [0.1, 0.15) is 53.4 Å². The molecule has 2 N–H and O–H groups in total. The van der Waals surface area contributed by atoms with Crippen LogP contribution in [0.2, 0.25) is 0 Å². The van der Waals surface area contributed by atoms with Gasteiger partial charge in [0.05, 0.1) is 29.2 Å². The van der Waals surface area contributed by atoms with Crippen LogP contribution < -0.4 is 0 Å². The highest BCUT2D eigenvalue weighted by atomic mass is 32.2. The minimum Gasteiger partial charge on any atom is -0.481 e. The second-order valence-corrected chi connectivity index (χ2v) is 11.2. The number of aliphatic hydroxyl groups is 1. The molecule has 3 aliphatic rings. The minimum absolute atomic E-state index is 0.0150. The number of aliphatic hydroxyl groups excluding tert-OH is 1. The second-order valence-electron chi connectivity index (χ2n) is 9.70. The van der Waals surface area contributed by atoms with Crippen molar-refractivity contribution in [2.75, 3.05) is 19.7 Å². The highest BCUT2D eigenvalue weighted by Gasteiger charge is 2.77.